The van der Waals surface area contributed by atoms with E-state index in [9.17, 15) is 9.59 Å². The molecule has 1 amide bonds. The third kappa shape index (κ3) is 4.75. The lowest BCUT2D eigenvalue weighted by molar-refractivity contribution is -0.143. The van der Waals surface area contributed by atoms with Gasteiger partial charge in [0.25, 0.3) is 0 Å². The average Bonchev–Trinajstić information content (AvgIpc) is 2.94. The smallest absolute Gasteiger partial charge is 0.319 e. The summed E-state index contributed by atoms with van der Waals surface area (Å²) in [6.45, 7) is 4.67. The topological polar surface area (TPSA) is 71.8 Å². The largest absolute Gasteiger partial charge is 0.468 e. The van der Waals surface area contributed by atoms with E-state index < -0.39 is 6.04 Å². The highest BCUT2D eigenvalue weighted by Crippen LogP contribution is 2.02. The van der Waals surface area contributed by atoms with Crippen LogP contribution in [0.25, 0.3) is 0 Å². The van der Waals surface area contributed by atoms with Gasteiger partial charge in [-0.25, -0.2) is 0 Å². The summed E-state index contributed by atoms with van der Waals surface area (Å²) in [5, 5.41) is 2.76. The second-order valence-electron chi connectivity index (χ2n) is 4.11. The number of carbonyl (C=O) groups excluding carboxylic acids is 2. The van der Waals surface area contributed by atoms with Crippen LogP contribution in [-0.2, 0) is 20.9 Å². The summed E-state index contributed by atoms with van der Waals surface area (Å²) in [4.78, 5) is 24.9. The molecule has 0 spiro atoms. The molecule has 1 atom stereocenters. The molecule has 0 fully saturated rings. The van der Waals surface area contributed by atoms with Crippen molar-refractivity contribution in [2.75, 3.05) is 20.2 Å². The molecule has 0 radical (unpaired) electrons. The van der Waals surface area contributed by atoms with Gasteiger partial charge in [0.15, 0.2) is 0 Å². The summed E-state index contributed by atoms with van der Waals surface area (Å²) >= 11 is 0. The number of nitrogens with zero attached hydrogens (tertiary/aromatic N) is 1. The van der Waals surface area contributed by atoms with Crippen LogP contribution >= 0.6 is 0 Å². The van der Waals surface area contributed by atoms with E-state index in [4.69, 9.17) is 4.42 Å². The first-order valence-corrected chi connectivity index (χ1v) is 6.19. The van der Waals surface area contributed by atoms with E-state index in [1.165, 1.54) is 7.11 Å². The van der Waals surface area contributed by atoms with Gasteiger partial charge in [-0.2, -0.15) is 0 Å². The van der Waals surface area contributed by atoms with Gasteiger partial charge >= 0.3 is 5.97 Å². The fourth-order valence-corrected chi connectivity index (χ4v) is 1.65. The van der Waals surface area contributed by atoms with E-state index >= 15 is 0 Å². The van der Waals surface area contributed by atoms with Crippen molar-refractivity contribution in [1.82, 2.24) is 10.2 Å². The van der Waals surface area contributed by atoms with E-state index in [-0.39, 0.29) is 18.4 Å². The molecule has 106 valence electrons. The molecule has 1 N–H and O–H groups in total. The van der Waals surface area contributed by atoms with Gasteiger partial charge in [0, 0.05) is 0 Å². The SMILES string of the molecule is CCN(CC(=O)OC)C(C)C(=O)NCc1ccco1. The standard InChI is InChI=1S/C13H20N2O4/c1-4-15(9-12(16)18-3)10(2)13(17)14-8-11-6-5-7-19-11/h5-7,10H,4,8-9H2,1-3H3,(H,14,17). The predicted octanol–water partition coefficient (Wildman–Crippen LogP) is 0.779. The van der Waals surface area contributed by atoms with Gasteiger partial charge in [-0.15, -0.1) is 0 Å². The van der Waals surface area contributed by atoms with Crippen molar-refractivity contribution in [3.8, 4) is 0 Å². The van der Waals surface area contributed by atoms with Gasteiger partial charge < -0.3 is 14.5 Å². The Morgan fingerprint density at radius 2 is 2.26 bits per heavy atom. The zero-order valence-corrected chi connectivity index (χ0v) is 11.5. The number of methoxy groups -OCH3 is 1. The summed E-state index contributed by atoms with van der Waals surface area (Å²) in [5.74, 6) is 0.186. The Morgan fingerprint density at radius 1 is 1.53 bits per heavy atom. The van der Waals surface area contributed by atoms with E-state index in [0.717, 1.165) is 0 Å². The van der Waals surface area contributed by atoms with Crippen molar-refractivity contribution < 1.29 is 18.7 Å². The number of hydrogen-bond acceptors (Lipinski definition) is 5. The Kier molecular flexibility index (Phi) is 6.08. The molecule has 6 heteroatoms. The number of furan rings is 1. The summed E-state index contributed by atoms with van der Waals surface area (Å²) in [7, 11) is 1.33. The molecule has 6 nitrogen and oxygen atoms in total. The molecule has 1 rings (SSSR count). The second kappa shape index (κ2) is 7.58. The monoisotopic (exact) mass is 268 g/mol. The number of carbonyl (C=O) groups is 2. The second-order valence-corrected chi connectivity index (χ2v) is 4.11. The molecule has 0 aliphatic carbocycles. The van der Waals surface area contributed by atoms with Crippen LogP contribution < -0.4 is 5.32 Å². The van der Waals surface area contributed by atoms with Crippen LogP contribution in [0.5, 0.6) is 0 Å². The Bertz CT molecular complexity index is 403. The number of likely N-dealkylation sites (N-methyl/N-ethyl adjacent to an activating group) is 1. The first-order valence-electron chi connectivity index (χ1n) is 6.19. The molecule has 19 heavy (non-hydrogen) atoms. The van der Waals surface area contributed by atoms with Gasteiger partial charge in [0.1, 0.15) is 5.76 Å². The molecule has 0 aliphatic rings. The van der Waals surface area contributed by atoms with Crippen LogP contribution in [0, 0.1) is 0 Å². The number of nitrogens with one attached hydrogen (secondary N) is 1. The average molecular weight is 268 g/mol. The van der Waals surface area contributed by atoms with Gasteiger partial charge in [-0.05, 0) is 25.6 Å². The molecule has 0 saturated carbocycles. The Balaban J connectivity index is 2.46. The third-order valence-corrected chi connectivity index (χ3v) is 2.91. The van der Waals surface area contributed by atoms with E-state index in [0.29, 0.717) is 18.8 Å². The van der Waals surface area contributed by atoms with E-state index in [2.05, 4.69) is 10.1 Å². The first-order chi connectivity index (χ1) is 9.08. The number of hydrogen-bond donors (Lipinski definition) is 1. The highest BCUT2D eigenvalue weighted by Gasteiger charge is 2.22. The van der Waals surface area contributed by atoms with Crippen LogP contribution in [0.15, 0.2) is 22.8 Å². The Morgan fingerprint density at radius 3 is 2.79 bits per heavy atom. The van der Waals surface area contributed by atoms with E-state index in [1.54, 1.807) is 30.2 Å². The molecular formula is C13H20N2O4. The van der Waals surface area contributed by atoms with Crippen LogP contribution in [0.4, 0.5) is 0 Å². The lowest BCUT2D eigenvalue weighted by Gasteiger charge is -2.25. The number of rotatable bonds is 7. The lowest BCUT2D eigenvalue weighted by atomic mass is 10.2. The zero-order chi connectivity index (χ0) is 14.3. The maximum Gasteiger partial charge on any atom is 0.319 e. The van der Waals surface area contributed by atoms with Crippen LogP contribution in [-0.4, -0.2) is 43.0 Å². The molecule has 1 unspecified atom stereocenters. The summed E-state index contributed by atoms with van der Waals surface area (Å²) in [6.07, 6.45) is 1.56. The number of ether oxygens (including phenoxy) is 1. The molecule has 0 bridgehead atoms. The maximum absolute atomic E-state index is 12.0. The summed E-state index contributed by atoms with van der Waals surface area (Å²) in [6, 6.07) is 3.15. The van der Waals surface area contributed by atoms with E-state index in [1.807, 2.05) is 6.92 Å². The van der Waals surface area contributed by atoms with Crippen molar-refractivity contribution >= 4 is 11.9 Å². The fourth-order valence-electron chi connectivity index (χ4n) is 1.65. The Hall–Kier alpha value is -1.82. The number of esters is 1. The van der Waals surface area contributed by atoms with Gasteiger partial charge in [0.2, 0.25) is 5.91 Å². The summed E-state index contributed by atoms with van der Waals surface area (Å²) in [5.41, 5.74) is 0. The molecule has 1 aromatic rings. The van der Waals surface area contributed by atoms with Crippen LogP contribution in [0.2, 0.25) is 0 Å². The number of amides is 1. The molecule has 0 saturated heterocycles. The van der Waals surface area contributed by atoms with Gasteiger partial charge in [0.05, 0.1) is 32.5 Å². The minimum Gasteiger partial charge on any atom is -0.468 e. The van der Waals surface area contributed by atoms with Crippen molar-refractivity contribution in [3.05, 3.63) is 24.2 Å². The summed E-state index contributed by atoms with van der Waals surface area (Å²) < 4.78 is 9.73. The van der Waals surface area contributed by atoms with Crippen molar-refractivity contribution in [2.24, 2.45) is 0 Å². The van der Waals surface area contributed by atoms with Crippen LogP contribution in [0.3, 0.4) is 0 Å². The maximum atomic E-state index is 12.0. The van der Waals surface area contributed by atoms with Crippen molar-refractivity contribution in [1.29, 1.82) is 0 Å². The van der Waals surface area contributed by atoms with Gasteiger partial charge in [-0.3, -0.25) is 14.5 Å². The minimum absolute atomic E-state index is 0.0995. The van der Waals surface area contributed by atoms with Crippen molar-refractivity contribution in [3.63, 3.8) is 0 Å². The molecule has 0 aliphatic heterocycles. The normalized spacial score (nSPS) is 12.2. The molecule has 1 heterocycles. The van der Waals surface area contributed by atoms with Crippen LogP contribution in [0.1, 0.15) is 19.6 Å². The molecular weight excluding hydrogens is 248 g/mol. The quantitative estimate of drug-likeness (QED) is 0.740. The Labute approximate surface area is 112 Å². The minimum atomic E-state index is -0.404. The molecule has 1 aromatic heterocycles. The highest BCUT2D eigenvalue weighted by molar-refractivity contribution is 5.82. The predicted molar refractivity (Wildman–Crippen MR) is 69.3 cm³/mol. The lowest BCUT2D eigenvalue weighted by Crippen LogP contribution is -2.46. The fraction of sp³-hybridized carbons (Fsp3) is 0.538. The van der Waals surface area contributed by atoms with Gasteiger partial charge in [-0.1, -0.05) is 6.92 Å². The first kappa shape index (κ1) is 15.2. The molecule has 0 aromatic carbocycles. The highest BCUT2D eigenvalue weighted by atomic mass is 16.5. The third-order valence-electron chi connectivity index (χ3n) is 2.91. The zero-order valence-electron chi connectivity index (χ0n) is 11.5. The van der Waals surface area contributed by atoms with Crippen molar-refractivity contribution in [2.45, 2.75) is 26.4 Å².